The zero-order valence-corrected chi connectivity index (χ0v) is 10.8. The summed E-state index contributed by atoms with van der Waals surface area (Å²) in [6.45, 7) is 0. The largest absolute Gasteiger partial charge is 0.497 e. The van der Waals surface area contributed by atoms with E-state index in [0.717, 1.165) is 11.3 Å². The van der Waals surface area contributed by atoms with Crippen LogP contribution in [0.3, 0.4) is 0 Å². The van der Waals surface area contributed by atoms with Crippen LogP contribution < -0.4 is 4.74 Å². The van der Waals surface area contributed by atoms with Gasteiger partial charge in [-0.15, -0.1) is 0 Å². The van der Waals surface area contributed by atoms with Crippen LogP contribution in [-0.4, -0.2) is 18.2 Å². The second-order valence-corrected chi connectivity index (χ2v) is 4.97. The molecular weight excluding hydrogens is 228 g/mol. The number of benzene rings is 1. The van der Waals surface area contributed by atoms with Crippen LogP contribution in [-0.2, 0) is 11.2 Å². The monoisotopic (exact) mass is 248 g/mol. The Balaban J connectivity index is 2.28. The summed E-state index contributed by atoms with van der Waals surface area (Å²) in [5, 5.41) is 9.01. The van der Waals surface area contributed by atoms with Gasteiger partial charge in [0.25, 0.3) is 0 Å². The van der Waals surface area contributed by atoms with Crippen molar-refractivity contribution in [2.75, 3.05) is 7.11 Å². The van der Waals surface area contributed by atoms with Crippen molar-refractivity contribution in [2.24, 2.45) is 0 Å². The zero-order valence-electron chi connectivity index (χ0n) is 10.8. The Kier molecular flexibility index (Phi) is 4.24. The Morgan fingerprint density at radius 3 is 2.67 bits per heavy atom. The molecule has 1 aliphatic carbocycles. The van der Waals surface area contributed by atoms with Gasteiger partial charge in [0.15, 0.2) is 0 Å². The van der Waals surface area contributed by atoms with Crippen molar-refractivity contribution < 1.29 is 14.6 Å². The quantitative estimate of drug-likeness (QED) is 0.888. The Hall–Kier alpha value is -1.51. The summed E-state index contributed by atoms with van der Waals surface area (Å²) >= 11 is 0. The van der Waals surface area contributed by atoms with Gasteiger partial charge in [0, 0.05) is 0 Å². The van der Waals surface area contributed by atoms with Gasteiger partial charge in [-0.1, -0.05) is 25.3 Å². The number of hydrogen-bond donors (Lipinski definition) is 1. The van der Waals surface area contributed by atoms with Crippen LogP contribution in [0.1, 0.15) is 49.1 Å². The lowest BCUT2D eigenvalue weighted by atomic mass is 9.81. The van der Waals surface area contributed by atoms with Crippen LogP contribution in [0.25, 0.3) is 0 Å². The SMILES string of the molecule is COc1ccc(C2CCCCC2)c(CC(=O)O)c1. The molecule has 18 heavy (non-hydrogen) atoms. The highest BCUT2D eigenvalue weighted by atomic mass is 16.5. The molecule has 1 N–H and O–H groups in total. The number of carboxylic acids is 1. The number of ether oxygens (including phenoxy) is 1. The minimum Gasteiger partial charge on any atom is -0.497 e. The molecule has 0 spiro atoms. The molecular formula is C15H20O3. The van der Waals surface area contributed by atoms with E-state index in [-0.39, 0.29) is 6.42 Å². The highest BCUT2D eigenvalue weighted by Gasteiger charge is 2.19. The molecule has 1 aliphatic rings. The molecule has 0 atom stereocenters. The van der Waals surface area contributed by atoms with Gasteiger partial charge in [-0.2, -0.15) is 0 Å². The molecule has 0 amide bonds. The molecule has 98 valence electrons. The van der Waals surface area contributed by atoms with Gasteiger partial charge in [-0.05, 0) is 42.0 Å². The van der Waals surface area contributed by atoms with Crippen LogP contribution in [0, 0.1) is 0 Å². The first-order valence-corrected chi connectivity index (χ1v) is 6.59. The fourth-order valence-electron chi connectivity index (χ4n) is 2.84. The van der Waals surface area contributed by atoms with Crippen LogP contribution in [0.2, 0.25) is 0 Å². The van der Waals surface area contributed by atoms with Crippen molar-refractivity contribution in [3.8, 4) is 5.75 Å². The van der Waals surface area contributed by atoms with E-state index in [4.69, 9.17) is 9.84 Å². The van der Waals surface area contributed by atoms with Gasteiger partial charge >= 0.3 is 5.97 Å². The fourth-order valence-corrected chi connectivity index (χ4v) is 2.84. The van der Waals surface area contributed by atoms with E-state index in [1.165, 1.54) is 37.7 Å². The molecule has 3 nitrogen and oxygen atoms in total. The van der Waals surface area contributed by atoms with Crippen LogP contribution in [0.4, 0.5) is 0 Å². The standard InChI is InChI=1S/C15H20O3/c1-18-13-7-8-14(11-5-3-2-4-6-11)12(9-13)10-15(16)17/h7-9,11H,2-6,10H2,1H3,(H,16,17). The third-order valence-corrected chi connectivity index (χ3v) is 3.74. The third-order valence-electron chi connectivity index (χ3n) is 3.74. The average molecular weight is 248 g/mol. The third kappa shape index (κ3) is 3.03. The number of carboxylic acid groups (broad SMARTS) is 1. The number of aliphatic carboxylic acids is 1. The Morgan fingerprint density at radius 2 is 2.06 bits per heavy atom. The van der Waals surface area contributed by atoms with E-state index in [2.05, 4.69) is 0 Å². The number of hydrogen-bond acceptors (Lipinski definition) is 2. The van der Waals surface area contributed by atoms with Crippen molar-refractivity contribution in [1.82, 2.24) is 0 Å². The van der Waals surface area contributed by atoms with Crippen molar-refractivity contribution in [2.45, 2.75) is 44.4 Å². The van der Waals surface area contributed by atoms with E-state index in [0.29, 0.717) is 5.92 Å². The van der Waals surface area contributed by atoms with Crippen LogP contribution >= 0.6 is 0 Å². The topological polar surface area (TPSA) is 46.5 Å². The maximum absolute atomic E-state index is 11.0. The van der Waals surface area contributed by atoms with Crippen molar-refractivity contribution >= 4 is 5.97 Å². The van der Waals surface area contributed by atoms with E-state index in [1.807, 2.05) is 18.2 Å². The molecule has 0 aliphatic heterocycles. The second kappa shape index (κ2) is 5.89. The van der Waals surface area contributed by atoms with Gasteiger partial charge in [0.2, 0.25) is 0 Å². The molecule has 1 aromatic carbocycles. The lowest BCUT2D eigenvalue weighted by Gasteiger charge is -2.24. The van der Waals surface area contributed by atoms with Gasteiger partial charge in [-0.3, -0.25) is 4.79 Å². The van der Waals surface area contributed by atoms with E-state index in [9.17, 15) is 4.79 Å². The molecule has 1 fully saturated rings. The highest BCUT2D eigenvalue weighted by molar-refractivity contribution is 5.71. The summed E-state index contributed by atoms with van der Waals surface area (Å²) in [5.74, 6) is 0.491. The van der Waals surface area contributed by atoms with E-state index < -0.39 is 5.97 Å². The summed E-state index contributed by atoms with van der Waals surface area (Å²) in [6, 6.07) is 5.86. The fraction of sp³-hybridized carbons (Fsp3) is 0.533. The molecule has 3 heteroatoms. The second-order valence-electron chi connectivity index (χ2n) is 4.97. The van der Waals surface area contributed by atoms with Gasteiger partial charge in [-0.25, -0.2) is 0 Å². The molecule has 1 aromatic rings. The first kappa shape index (κ1) is 12.9. The Morgan fingerprint density at radius 1 is 1.33 bits per heavy atom. The van der Waals surface area contributed by atoms with E-state index in [1.54, 1.807) is 7.11 Å². The van der Waals surface area contributed by atoms with Crippen molar-refractivity contribution in [1.29, 1.82) is 0 Å². The maximum atomic E-state index is 11.0. The summed E-state index contributed by atoms with van der Waals surface area (Å²) in [7, 11) is 1.61. The molecule has 0 bridgehead atoms. The molecule has 1 saturated carbocycles. The predicted octanol–water partition coefficient (Wildman–Crippen LogP) is 3.37. The summed E-state index contributed by atoms with van der Waals surface area (Å²) in [4.78, 5) is 11.0. The highest BCUT2D eigenvalue weighted by Crippen LogP contribution is 2.35. The first-order valence-electron chi connectivity index (χ1n) is 6.59. The minimum absolute atomic E-state index is 0.0863. The Labute approximate surface area is 108 Å². The average Bonchev–Trinajstić information content (AvgIpc) is 2.39. The minimum atomic E-state index is -0.777. The van der Waals surface area contributed by atoms with Crippen molar-refractivity contribution in [3.05, 3.63) is 29.3 Å². The molecule has 0 saturated heterocycles. The van der Waals surface area contributed by atoms with Crippen LogP contribution in [0.5, 0.6) is 5.75 Å². The number of carbonyl (C=O) groups is 1. The van der Waals surface area contributed by atoms with Gasteiger partial charge < -0.3 is 9.84 Å². The summed E-state index contributed by atoms with van der Waals surface area (Å²) < 4.78 is 5.19. The van der Waals surface area contributed by atoms with Gasteiger partial charge in [0.05, 0.1) is 13.5 Å². The van der Waals surface area contributed by atoms with Crippen LogP contribution in [0.15, 0.2) is 18.2 Å². The molecule has 0 aromatic heterocycles. The molecule has 2 rings (SSSR count). The summed E-state index contributed by atoms with van der Waals surface area (Å²) in [6.07, 6.45) is 6.26. The first-order chi connectivity index (χ1) is 8.70. The lowest BCUT2D eigenvalue weighted by molar-refractivity contribution is -0.136. The lowest BCUT2D eigenvalue weighted by Crippen LogP contribution is -2.10. The number of rotatable bonds is 4. The van der Waals surface area contributed by atoms with Gasteiger partial charge in [0.1, 0.15) is 5.75 Å². The smallest absolute Gasteiger partial charge is 0.307 e. The summed E-state index contributed by atoms with van der Waals surface area (Å²) in [5.41, 5.74) is 2.12. The molecule has 0 unspecified atom stereocenters. The van der Waals surface area contributed by atoms with E-state index >= 15 is 0 Å². The predicted molar refractivity (Wildman–Crippen MR) is 70.2 cm³/mol. The number of methoxy groups -OCH3 is 1. The Bertz CT molecular complexity index is 420. The normalized spacial score (nSPS) is 16.5. The molecule has 0 radical (unpaired) electrons. The zero-order chi connectivity index (χ0) is 13.0. The molecule has 0 heterocycles. The van der Waals surface area contributed by atoms with Crippen molar-refractivity contribution in [3.63, 3.8) is 0 Å². The maximum Gasteiger partial charge on any atom is 0.307 e.